The maximum Gasteiger partial charge on any atom is 0.225 e. The van der Waals surface area contributed by atoms with Crippen molar-refractivity contribution in [3.63, 3.8) is 0 Å². The van der Waals surface area contributed by atoms with Crippen LogP contribution in [0.1, 0.15) is 12.8 Å². The Morgan fingerprint density at radius 2 is 1.92 bits per heavy atom. The van der Waals surface area contributed by atoms with Gasteiger partial charge in [0.15, 0.2) is 5.82 Å². The van der Waals surface area contributed by atoms with E-state index in [1.807, 2.05) is 24.0 Å². The Kier molecular flexibility index (Phi) is 4.35. The zero-order chi connectivity index (χ0) is 17.4. The molecule has 0 aromatic carbocycles. The quantitative estimate of drug-likeness (QED) is 0.558. The zero-order valence-electron chi connectivity index (χ0n) is 13.7. The molecule has 0 radical (unpaired) electrons. The van der Waals surface area contributed by atoms with Crippen molar-refractivity contribution in [1.29, 1.82) is 0 Å². The third kappa shape index (κ3) is 3.34. The second-order valence-electron chi connectivity index (χ2n) is 6.09. The molecule has 0 saturated carbocycles. The minimum Gasteiger partial charge on any atom is -0.365 e. The lowest BCUT2D eigenvalue weighted by molar-refractivity contribution is 0.515. The number of nitrogens with zero attached hydrogens (tertiary/aromatic N) is 6. The van der Waals surface area contributed by atoms with Gasteiger partial charge in [-0.2, -0.15) is 4.98 Å². The van der Waals surface area contributed by atoms with E-state index in [9.17, 15) is 0 Å². The molecule has 130 valence electrons. The summed E-state index contributed by atoms with van der Waals surface area (Å²) in [6, 6.07) is 3.78. The largest absolute Gasteiger partial charge is 0.365 e. The van der Waals surface area contributed by atoms with E-state index in [2.05, 4.69) is 30.2 Å². The van der Waals surface area contributed by atoms with Crippen LogP contribution in [0.25, 0.3) is 11.0 Å². The van der Waals surface area contributed by atoms with E-state index in [1.165, 1.54) is 0 Å². The number of hydrogen-bond donors (Lipinski definition) is 1. The van der Waals surface area contributed by atoms with Gasteiger partial charge in [-0.15, -0.1) is 0 Å². The first kappa shape index (κ1) is 16.4. The molecule has 25 heavy (non-hydrogen) atoms. The highest BCUT2D eigenvalue weighted by molar-refractivity contribution is 6.30. The van der Waals surface area contributed by atoms with Crippen LogP contribution in [0.2, 0.25) is 10.4 Å². The monoisotopic (exact) mass is 377 g/mol. The van der Waals surface area contributed by atoms with Crippen LogP contribution in [-0.4, -0.2) is 43.6 Å². The van der Waals surface area contributed by atoms with Crippen molar-refractivity contribution in [1.82, 2.24) is 24.5 Å². The molecule has 0 unspecified atom stereocenters. The summed E-state index contributed by atoms with van der Waals surface area (Å²) < 4.78 is 2.04. The van der Waals surface area contributed by atoms with Gasteiger partial charge in [-0.3, -0.25) is 0 Å². The fourth-order valence-corrected chi connectivity index (χ4v) is 3.47. The van der Waals surface area contributed by atoms with Crippen LogP contribution in [0.15, 0.2) is 24.5 Å². The maximum absolute atomic E-state index is 6.05. The molecule has 9 heteroatoms. The van der Waals surface area contributed by atoms with Crippen LogP contribution >= 0.6 is 23.2 Å². The predicted molar refractivity (Wildman–Crippen MR) is 99.4 cm³/mol. The standard InChI is InChI=1S/C16H17Cl2N7/c1-24-9-6-19-16(24)25-7-4-10(5-8-25)20-14-13-11(21-15(18)23-14)2-3-12(17)22-13/h2-3,6,9-10H,4-5,7-8H2,1H3,(H,20,21,23). The van der Waals surface area contributed by atoms with Crippen molar-refractivity contribution in [2.75, 3.05) is 23.3 Å². The minimum absolute atomic E-state index is 0.199. The van der Waals surface area contributed by atoms with Crippen LogP contribution in [-0.2, 0) is 7.05 Å². The zero-order valence-corrected chi connectivity index (χ0v) is 15.2. The van der Waals surface area contributed by atoms with Gasteiger partial charge in [0.25, 0.3) is 0 Å². The minimum atomic E-state index is 0.199. The summed E-state index contributed by atoms with van der Waals surface area (Å²) in [6.45, 7) is 1.85. The Labute approximate surface area is 155 Å². The van der Waals surface area contributed by atoms with Gasteiger partial charge in [0.05, 0.1) is 5.52 Å². The number of anilines is 2. The van der Waals surface area contributed by atoms with E-state index in [0.29, 0.717) is 22.0 Å². The van der Waals surface area contributed by atoms with Gasteiger partial charge < -0.3 is 14.8 Å². The number of aromatic nitrogens is 5. The van der Waals surface area contributed by atoms with Gasteiger partial charge in [-0.1, -0.05) is 11.6 Å². The van der Waals surface area contributed by atoms with Crippen molar-refractivity contribution in [3.05, 3.63) is 35.0 Å². The third-order valence-corrected chi connectivity index (χ3v) is 4.77. The summed E-state index contributed by atoms with van der Waals surface area (Å²) in [5.41, 5.74) is 1.32. The molecule has 4 heterocycles. The molecule has 1 aliphatic rings. The summed E-state index contributed by atoms with van der Waals surface area (Å²) >= 11 is 12.1. The highest BCUT2D eigenvalue weighted by Crippen LogP contribution is 2.25. The molecule has 3 aromatic heterocycles. The molecule has 0 aliphatic carbocycles. The normalized spacial score (nSPS) is 15.7. The third-order valence-electron chi connectivity index (χ3n) is 4.40. The topological polar surface area (TPSA) is 71.8 Å². The molecule has 3 aromatic rings. The highest BCUT2D eigenvalue weighted by atomic mass is 35.5. The Morgan fingerprint density at radius 1 is 1.12 bits per heavy atom. The van der Waals surface area contributed by atoms with Crippen molar-refractivity contribution in [3.8, 4) is 0 Å². The number of rotatable bonds is 3. The molecule has 0 atom stereocenters. The van der Waals surface area contributed by atoms with Crippen molar-refractivity contribution in [2.24, 2.45) is 7.05 Å². The predicted octanol–water partition coefficient (Wildman–Crippen LogP) is 3.15. The first-order valence-corrected chi connectivity index (χ1v) is 8.84. The molecule has 1 saturated heterocycles. The first-order valence-electron chi connectivity index (χ1n) is 8.09. The fraction of sp³-hybridized carbons (Fsp3) is 0.375. The average molecular weight is 378 g/mol. The summed E-state index contributed by atoms with van der Waals surface area (Å²) in [4.78, 5) is 19.6. The van der Waals surface area contributed by atoms with Crippen LogP contribution in [0.3, 0.4) is 0 Å². The SMILES string of the molecule is Cn1ccnc1N1CCC(Nc2nc(Cl)nc3ccc(Cl)nc23)CC1. The van der Waals surface area contributed by atoms with E-state index >= 15 is 0 Å². The van der Waals surface area contributed by atoms with Crippen molar-refractivity contribution < 1.29 is 0 Å². The average Bonchev–Trinajstić information content (AvgIpc) is 3.02. The second kappa shape index (κ2) is 6.65. The number of halogens is 2. The van der Waals surface area contributed by atoms with Gasteiger partial charge in [0.2, 0.25) is 11.2 Å². The van der Waals surface area contributed by atoms with Gasteiger partial charge in [-0.25, -0.2) is 15.0 Å². The van der Waals surface area contributed by atoms with E-state index in [0.717, 1.165) is 31.9 Å². The Balaban J connectivity index is 1.51. The fourth-order valence-electron chi connectivity index (χ4n) is 3.14. The summed E-state index contributed by atoms with van der Waals surface area (Å²) in [5, 5.41) is 4.07. The molecular formula is C16H17Cl2N7. The Hall–Kier alpha value is -2.12. The summed E-state index contributed by atoms with van der Waals surface area (Å²) in [7, 11) is 2.01. The molecule has 0 bridgehead atoms. The van der Waals surface area contributed by atoms with Gasteiger partial charge >= 0.3 is 0 Å². The van der Waals surface area contributed by atoms with E-state index in [1.54, 1.807) is 12.1 Å². The molecule has 1 fully saturated rings. The summed E-state index contributed by atoms with van der Waals surface area (Å²) in [5.74, 6) is 1.63. The molecule has 0 spiro atoms. The molecule has 1 N–H and O–H groups in total. The van der Waals surface area contributed by atoms with E-state index in [4.69, 9.17) is 23.2 Å². The van der Waals surface area contributed by atoms with Gasteiger partial charge in [0.1, 0.15) is 10.7 Å². The Morgan fingerprint density at radius 3 is 2.64 bits per heavy atom. The second-order valence-corrected chi connectivity index (χ2v) is 6.81. The summed E-state index contributed by atoms with van der Waals surface area (Å²) in [6.07, 6.45) is 5.72. The lowest BCUT2D eigenvalue weighted by atomic mass is 10.1. The maximum atomic E-state index is 6.05. The van der Waals surface area contributed by atoms with Crippen LogP contribution < -0.4 is 10.2 Å². The number of nitrogens with one attached hydrogen (secondary N) is 1. The number of piperidine rings is 1. The van der Waals surface area contributed by atoms with E-state index in [-0.39, 0.29) is 11.3 Å². The first-order chi connectivity index (χ1) is 12.1. The van der Waals surface area contributed by atoms with Crippen LogP contribution in [0.5, 0.6) is 0 Å². The van der Waals surface area contributed by atoms with Gasteiger partial charge in [-0.05, 0) is 36.6 Å². The molecular weight excluding hydrogens is 361 g/mol. The smallest absolute Gasteiger partial charge is 0.225 e. The highest BCUT2D eigenvalue weighted by Gasteiger charge is 2.22. The van der Waals surface area contributed by atoms with Crippen molar-refractivity contribution in [2.45, 2.75) is 18.9 Å². The lowest BCUT2D eigenvalue weighted by Crippen LogP contribution is -2.40. The number of aryl methyl sites for hydroxylation is 1. The van der Waals surface area contributed by atoms with Crippen molar-refractivity contribution >= 4 is 46.0 Å². The number of fused-ring (bicyclic) bond motifs is 1. The molecule has 1 aliphatic heterocycles. The molecule has 4 rings (SSSR count). The van der Waals surface area contributed by atoms with Crippen LogP contribution in [0, 0.1) is 0 Å². The number of pyridine rings is 1. The van der Waals surface area contributed by atoms with Gasteiger partial charge in [0, 0.05) is 38.6 Å². The molecule has 0 amide bonds. The number of imidazole rings is 1. The Bertz CT molecular complexity index is 903. The number of hydrogen-bond acceptors (Lipinski definition) is 6. The lowest BCUT2D eigenvalue weighted by Gasteiger charge is -2.33. The van der Waals surface area contributed by atoms with E-state index < -0.39 is 0 Å². The molecule has 7 nitrogen and oxygen atoms in total. The van der Waals surface area contributed by atoms with Crippen LogP contribution in [0.4, 0.5) is 11.8 Å².